The first-order chi connectivity index (χ1) is 14.0. The number of carbonyl (C=O) groups excluding carboxylic acids is 1. The summed E-state index contributed by atoms with van der Waals surface area (Å²) in [5.74, 6) is 0.196. The van der Waals surface area contributed by atoms with Gasteiger partial charge in [-0.05, 0) is 30.4 Å². The Morgan fingerprint density at radius 3 is 2.55 bits per heavy atom. The zero-order valence-corrected chi connectivity index (χ0v) is 17.9. The second kappa shape index (κ2) is 10.8. The molecular weight excluding hydrogens is 433 g/mol. The molecule has 3 rings (SSSR count). The Morgan fingerprint density at radius 1 is 1.14 bits per heavy atom. The predicted molar refractivity (Wildman–Crippen MR) is 119 cm³/mol. The van der Waals surface area contributed by atoms with E-state index in [-0.39, 0.29) is 11.0 Å². The van der Waals surface area contributed by atoms with Crippen molar-refractivity contribution in [3.8, 4) is 5.75 Å². The molecule has 0 aromatic heterocycles. The average Bonchev–Trinajstić information content (AvgIpc) is 2.73. The summed E-state index contributed by atoms with van der Waals surface area (Å²) < 4.78 is 11.3. The summed E-state index contributed by atoms with van der Waals surface area (Å²) in [5.41, 5.74) is 1.03. The van der Waals surface area contributed by atoms with Gasteiger partial charge in [-0.25, -0.2) is 0 Å². The van der Waals surface area contributed by atoms with Gasteiger partial charge in [-0.3, -0.25) is 15.0 Å². The van der Waals surface area contributed by atoms with E-state index in [9.17, 15) is 4.79 Å². The third kappa shape index (κ3) is 6.55. The summed E-state index contributed by atoms with van der Waals surface area (Å²) >= 11 is 17.6. The first kappa shape index (κ1) is 21.8. The lowest BCUT2D eigenvalue weighted by atomic mass is 10.2. The van der Waals surface area contributed by atoms with Crippen LogP contribution in [0.5, 0.6) is 5.75 Å². The van der Waals surface area contributed by atoms with Crippen LogP contribution in [0.4, 0.5) is 5.69 Å². The fraction of sp³-hybridized carbons (Fsp3) is 0.300. The third-order valence-electron chi connectivity index (χ3n) is 4.30. The molecule has 1 aliphatic rings. The summed E-state index contributed by atoms with van der Waals surface area (Å²) in [4.78, 5) is 14.5. The van der Waals surface area contributed by atoms with Crippen molar-refractivity contribution in [2.75, 3.05) is 44.8 Å². The number of hydrogen-bond donors (Lipinski definition) is 2. The van der Waals surface area contributed by atoms with Crippen LogP contribution in [0, 0.1) is 0 Å². The van der Waals surface area contributed by atoms with E-state index in [1.807, 2.05) is 6.07 Å². The number of morpholine rings is 1. The van der Waals surface area contributed by atoms with Crippen LogP contribution >= 0.6 is 35.4 Å². The summed E-state index contributed by atoms with van der Waals surface area (Å²) in [6, 6.07) is 12.1. The summed E-state index contributed by atoms with van der Waals surface area (Å²) in [7, 11) is 0. The zero-order chi connectivity index (χ0) is 20.6. The van der Waals surface area contributed by atoms with Crippen LogP contribution in [0.2, 0.25) is 10.0 Å². The van der Waals surface area contributed by atoms with E-state index in [0.717, 1.165) is 32.8 Å². The first-order valence-corrected chi connectivity index (χ1v) is 10.3. The molecule has 1 amide bonds. The second-order valence-electron chi connectivity index (χ2n) is 6.34. The molecule has 2 N–H and O–H groups in total. The fourth-order valence-corrected chi connectivity index (χ4v) is 3.29. The molecule has 0 saturated carbocycles. The number of nitrogens with zero attached hydrogens (tertiary/aromatic N) is 1. The van der Waals surface area contributed by atoms with Crippen molar-refractivity contribution in [1.82, 2.24) is 10.2 Å². The number of hydrogen-bond acceptors (Lipinski definition) is 5. The van der Waals surface area contributed by atoms with Gasteiger partial charge in [-0.15, -0.1) is 0 Å². The molecular formula is C20H21Cl2N3O3S. The van der Waals surface area contributed by atoms with E-state index >= 15 is 0 Å². The van der Waals surface area contributed by atoms with Crippen LogP contribution in [0.3, 0.4) is 0 Å². The topological polar surface area (TPSA) is 62.8 Å². The molecule has 6 nitrogen and oxygen atoms in total. The minimum atomic E-state index is -0.307. The highest BCUT2D eigenvalue weighted by Gasteiger charge is 2.14. The van der Waals surface area contributed by atoms with Crippen molar-refractivity contribution in [1.29, 1.82) is 0 Å². The molecule has 2 aromatic rings. The minimum Gasteiger partial charge on any atom is -0.490 e. The Labute approximate surface area is 185 Å². The Hall–Kier alpha value is -1.90. The molecule has 1 saturated heterocycles. The first-order valence-electron chi connectivity index (χ1n) is 9.12. The maximum absolute atomic E-state index is 12.3. The van der Waals surface area contributed by atoms with Crippen LogP contribution in [-0.2, 0) is 4.74 Å². The number of benzene rings is 2. The van der Waals surface area contributed by atoms with Crippen molar-refractivity contribution in [3.63, 3.8) is 0 Å². The van der Waals surface area contributed by atoms with E-state index in [1.54, 1.807) is 36.4 Å². The lowest BCUT2D eigenvalue weighted by molar-refractivity contribution is 0.0323. The molecule has 1 aliphatic heterocycles. The molecule has 29 heavy (non-hydrogen) atoms. The largest absolute Gasteiger partial charge is 0.490 e. The Bertz CT molecular complexity index is 862. The van der Waals surface area contributed by atoms with Gasteiger partial charge in [0.25, 0.3) is 5.91 Å². The molecule has 0 unspecified atom stereocenters. The van der Waals surface area contributed by atoms with Gasteiger partial charge >= 0.3 is 0 Å². The Balaban J connectivity index is 1.61. The van der Waals surface area contributed by atoms with Crippen LogP contribution in [0.1, 0.15) is 10.4 Å². The van der Waals surface area contributed by atoms with E-state index < -0.39 is 0 Å². The monoisotopic (exact) mass is 453 g/mol. The SMILES string of the molecule is O=C(NC(=S)Nc1cc(Cl)c(Cl)cc1OCCN1CCOCC1)c1ccccc1. The van der Waals surface area contributed by atoms with Gasteiger partial charge in [-0.2, -0.15) is 0 Å². The quantitative estimate of drug-likeness (QED) is 0.647. The molecule has 1 fully saturated rings. The van der Waals surface area contributed by atoms with E-state index in [2.05, 4.69) is 15.5 Å². The lowest BCUT2D eigenvalue weighted by Gasteiger charge is -2.26. The number of anilines is 1. The summed E-state index contributed by atoms with van der Waals surface area (Å²) in [5, 5.41) is 6.47. The molecule has 0 atom stereocenters. The van der Waals surface area contributed by atoms with Crippen LogP contribution < -0.4 is 15.4 Å². The standard InChI is InChI=1S/C20H21Cl2N3O3S/c21-15-12-17(23-20(29)24-19(26)14-4-2-1-3-5-14)18(13-16(15)22)28-11-8-25-6-9-27-10-7-25/h1-5,12-13H,6-11H2,(H2,23,24,26,29). The van der Waals surface area contributed by atoms with E-state index in [1.165, 1.54) is 0 Å². The zero-order valence-electron chi connectivity index (χ0n) is 15.6. The number of ether oxygens (including phenoxy) is 2. The molecule has 0 aliphatic carbocycles. The van der Waals surface area contributed by atoms with Gasteiger partial charge in [0.15, 0.2) is 5.11 Å². The smallest absolute Gasteiger partial charge is 0.257 e. The molecule has 9 heteroatoms. The number of rotatable bonds is 6. The van der Waals surface area contributed by atoms with Crippen LogP contribution in [-0.4, -0.2) is 55.4 Å². The molecule has 2 aromatic carbocycles. The number of carbonyl (C=O) groups is 1. The van der Waals surface area contributed by atoms with Crippen molar-refractivity contribution in [2.24, 2.45) is 0 Å². The van der Waals surface area contributed by atoms with Gasteiger partial charge in [0.1, 0.15) is 12.4 Å². The van der Waals surface area contributed by atoms with Gasteiger partial charge in [0.2, 0.25) is 0 Å². The van der Waals surface area contributed by atoms with E-state index in [4.69, 9.17) is 44.9 Å². The predicted octanol–water partition coefficient (Wildman–Crippen LogP) is 3.83. The van der Waals surface area contributed by atoms with Gasteiger partial charge < -0.3 is 14.8 Å². The molecule has 0 bridgehead atoms. The van der Waals surface area contributed by atoms with Crippen LogP contribution in [0.25, 0.3) is 0 Å². The highest BCUT2D eigenvalue weighted by Crippen LogP contribution is 2.34. The van der Waals surface area contributed by atoms with Gasteiger partial charge in [-0.1, -0.05) is 41.4 Å². The number of nitrogens with one attached hydrogen (secondary N) is 2. The van der Waals surface area contributed by atoms with Crippen molar-refractivity contribution < 1.29 is 14.3 Å². The highest BCUT2D eigenvalue weighted by molar-refractivity contribution is 7.80. The second-order valence-corrected chi connectivity index (χ2v) is 7.56. The summed E-state index contributed by atoms with van der Waals surface area (Å²) in [6.07, 6.45) is 0. The van der Waals surface area contributed by atoms with Crippen molar-refractivity contribution >= 4 is 52.1 Å². The van der Waals surface area contributed by atoms with Crippen molar-refractivity contribution in [2.45, 2.75) is 0 Å². The molecule has 154 valence electrons. The Morgan fingerprint density at radius 2 is 1.83 bits per heavy atom. The number of thiocarbonyl (C=S) groups is 1. The van der Waals surface area contributed by atoms with E-state index in [0.29, 0.717) is 33.7 Å². The molecule has 0 radical (unpaired) electrons. The Kier molecular flexibility index (Phi) is 8.09. The van der Waals surface area contributed by atoms with Gasteiger partial charge in [0, 0.05) is 31.3 Å². The lowest BCUT2D eigenvalue weighted by Crippen LogP contribution is -2.38. The summed E-state index contributed by atoms with van der Waals surface area (Å²) in [6.45, 7) is 4.45. The number of halogens is 2. The minimum absolute atomic E-state index is 0.135. The average molecular weight is 454 g/mol. The number of amides is 1. The maximum atomic E-state index is 12.3. The fourth-order valence-electron chi connectivity index (χ4n) is 2.77. The third-order valence-corrected chi connectivity index (χ3v) is 5.23. The molecule has 1 heterocycles. The van der Waals surface area contributed by atoms with Gasteiger partial charge in [0.05, 0.1) is 28.9 Å². The maximum Gasteiger partial charge on any atom is 0.257 e. The normalized spacial score (nSPS) is 14.3. The highest BCUT2D eigenvalue weighted by atomic mass is 35.5. The van der Waals surface area contributed by atoms with Crippen LogP contribution in [0.15, 0.2) is 42.5 Å². The van der Waals surface area contributed by atoms with Crippen molar-refractivity contribution in [3.05, 3.63) is 58.1 Å². The molecule has 0 spiro atoms.